The van der Waals surface area contributed by atoms with Crippen LogP contribution in [0.5, 0.6) is 0 Å². The highest BCUT2D eigenvalue weighted by Crippen LogP contribution is 2.40. The summed E-state index contributed by atoms with van der Waals surface area (Å²) < 4.78 is 10.7. The molecule has 1 heterocycles. The molecule has 0 unspecified atom stereocenters. The number of carbonyl (C=O) groups is 1. The third-order valence-electron chi connectivity index (χ3n) is 3.87. The van der Waals surface area contributed by atoms with Crippen molar-refractivity contribution >= 4 is 11.9 Å². The van der Waals surface area contributed by atoms with E-state index in [9.17, 15) is 9.90 Å². The maximum absolute atomic E-state index is 12.3. The number of nitrogens with zero attached hydrogens (tertiary/aromatic N) is 1. The molecule has 23 heavy (non-hydrogen) atoms. The number of hydrogen-bond donors (Lipinski definition) is 1. The molecule has 0 saturated carbocycles. The molecular formula is C18H17NO4. The minimum Gasteiger partial charge on any atom is -0.466 e. The van der Waals surface area contributed by atoms with Gasteiger partial charge in [0, 0.05) is 5.56 Å². The quantitative estimate of drug-likeness (QED) is 0.878. The molecule has 0 spiro atoms. The zero-order chi connectivity index (χ0) is 16.3. The summed E-state index contributed by atoms with van der Waals surface area (Å²) in [5.41, 5.74) is -0.0492. The van der Waals surface area contributed by atoms with Crippen LogP contribution in [0, 0.1) is 0 Å². The fourth-order valence-electron chi connectivity index (χ4n) is 2.68. The summed E-state index contributed by atoms with van der Waals surface area (Å²) in [6.45, 7) is -0.529. The van der Waals surface area contributed by atoms with Crippen molar-refractivity contribution in [3.8, 4) is 0 Å². The van der Waals surface area contributed by atoms with E-state index < -0.39 is 24.2 Å². The Hall–Kier alpha value is -2.66. The minimum absolute atomic E-state index is 0.318. The zero-order valence-corrected chi connectivity index (χ0v) is 12.7. The largest absolute Gasteiger partial charge is 0.466 e. The smallest absolute Gasteiger partial charge is 0.355 e. The van der Waals surface area contributed by atoms with E-state index in [2.05, 4.69) is 4.99 Å². The molecular weight excluding hydrogens is 294 g/mol. The SMILES string of the molecule is COC(=O)[C@@]1(CO)OC(c2ccccc2)=N[C@H]1c1ccccc1. The van der Waals surface area contributed by atoms with Gasteiger partial charge in [0.2, 0.25) is 5.90 Å². The maximum atomic E-state index is 12.3. The number of ether oxygens (including phenoxy) is 2. The number of aliphatic hydroxyl groups excluding tert-OH is 1. The van der Waals surface area contributed by atoms with Crippen LogP contribution in [0.15, 0.2) is 65.7 Å². The highest BCUT2D eigenvalue weighted by atomic mass is 16.6. The number of aliphatic hydroxyl groups is 1. The Morgan fingerprint density at radius 1 is 1.17 bits per heavy atom. The third-order valence-corrected chi connectivity index (χ3v) is 3.87. The second-order valence-corrected chi connectivity index (χ2v) is 5.25. The van der Waals surface area contributed by atoms with Crippen LogP contribution >= 0.6 is 0 Å². The predicted octanol–water partition coefficient (Wildman–Crippen LogP) is 2.11. The van der Waals surface area contributed by atoms with Gasteiger partial charge in [0.15, 0.2) is 0 Å². The van der Waals surface area contributed by atoms with Gasteiger partial charge in [-0.15, -0.1) is 0 Å². The van der Waals surface area contributed by atoms with Crippen LogP contribution in [0.25, 0.3) is 0 Å². The van der Waals surface area contributed by atoms with Crippen LogP contribution in [0.1, 0.15) is 17.2 Å². The fraction of sp³-hybridized carbons (Fsp3) is 0.222. The van der Waals surface area contributed by atoms with E-state index >= 15 is 0 Å². The lowest BCUT2D eigenvalue weighted by molar-refractivity contribution is -0.164. The van der Waals surface area contributed by atoms with Crippen LogP contribution in [0.4, 0.5) is 0 Å². The fourth-order valence-corrected chi connectivity index (χ4v) is 2.68. The topological polar surface area (TPSA) is 68.1 Å². The Morgan fingerprint density at radius 3 is 2.35 bits per heavy atom. The Balaban J connectivity index is 2.09. The molecule has 2 aromatic rings. The molecule has 2 aromatic carbocycles. The van der Waals surface area contributed by atoms with Crippen molar-refractivity contribution in [3.63, 3.8) is 0 Å². The number of esters is 1. The molecule has 0 fully saturated rings. The summed E-state index contributed by atoms with van der Waals surface area (Å²) in [6, 6.07) is 17.9. The summed E-state index contributed by atoms with van der Waals surface area (Å²) in [5.74, 6) is -0.331. The molecule has 0 amide bonds. The first-order chi connectivity index (χ1) is 11.2. The Kier molecular flexibility index (Phi) is 4.12. The van der Waals surface area contributed by atoms with Crippen molar-refractivity contribution in [2.75, 3.05) is 13.7 Å². The van der Waals surface area contributed by atoms with Crippen molar-refractivity contribution in [3.05, 3.63) is 71.8 Å². The van der Waals surface area contributed by atoms with Gasteiger partial charge in [0.1, 0.15) is 6.04 Å². The van der Waals surface area contributed by atoms with E-state index in [1.54, 1.807) is 0 Å². The zero-order valence-electron chi connectivity index (χ0n) is 12.7. The average molecular weight is 311 g/mol. The Bertz CT molecular complexity index is 714. The predicted molar refractivity (Wildman–Crippen MR) is 85.1 cm³/mol. The lowest BCUT2D eigenvalue weighted by Gasteiger charge is -2.28. The number of rotatable bonds is 4. The lowest BCUT2D eigenvalue weighted by atomic mass is 9.90. The standard InChI is InChI=1S/C18H17NO4/c1-22-17(21)18(12-20)15(13-8-4-2-5-9-13)19-16(23-18)14-10-6-3-7-11-14/h2-11,15,20H,12H2,1H3/t15-,18-/m0/s1. The minimum atomic E-state index is -1.57. The van der Waals surface area contributed by atoms with Gasteiger partial charge in [-0.3, -0.25) is 0 Å². The Morgan fingerprint density at radius 2 is 1.78 bits per heavy atom. The van der Waals surface area contributed by atoms with Crippen LogP contribution in [-0.2, 0) is 14.3 Å². The van der Waals surface area contributed by atoms with Crippen LogP contribution < -0.4 is 0 Å². The van der Waals surface area contributed by atoms with E-state index in [0.717, 1.165) is 11.1 Å². The first kappa shape index (κ1) is 15.2. The van der Waals surface area contributed by atoms with Gasteiger partial charge in [-0.25, -0.2) is 9.79 Å². The molecule has 3 rings (SSSR count). The van der Waals surface area contributed by atoms with Crippen LogP contribution in [0.2, 0.25) is 0 Å². The van der Waals surface area contributed by atoms with Crippen LogP contribution in [0.3, 0.4) is 0 Å². The molecule has 1 aliphatic heterocycles. The highest BCUT2D eigenvalue weighted by Gasteiger charge is 2.55. The highest BCUT2D eigenvalue weighted by molar-refractivity contribution is 5.99. The van der Waals surface area contributed by atoms with E-state index in [1.165, 1.54) is 7.11 Å². The van der Waals surface area contributed by atoms with Gasteiger partial charge in [-0.2, -0.15) is 0 Å². The third kappa shape index (κ3) is 2.59. The molecule has 0 bridgehead atoms. The van der Waals surface area contributed by atoms with Gasteiger partial charge in [-0.1, -0.05) is 48.5 Å². The van der Waals surface area contributed by atoms with E-state index in [-0.39, 0.29) is 0 Å². The van der Waals surface area contributed by atoms with Gasteiger partial charge >= 0.3 is 5.97 Å². The van der Waals surface area contributed by atoms with Gasteiger partial charge in [0.25, 0.3) is 5.60 Å². The van der Waals surface area contributed by atoms with Crippen molar-refractivity contribution in [1.29, 1.82) is 0 Å². The molecule has 2 atom stereocenters. The molecule has 0 saturated heterocycles. The van der Waals surface area contributed by atoms with Gasteiger partial charge in [-0.05, 0) is 17.7 Å². The van der Waals surface area contributed by atoms with Crippen molar-refractivity contribution in [2.24, 2.45) is 4.99 Å². The maximum Gasteiger partial charge on any atom is 0.355 e. The number of benzene rings is 2. The van der Waals surface area contributed by atoms with Crippen molar-refractivity contribution in [1.82, 2.24) is 0 Å². The molecule has 1 N–H and O–H groups in total. The Labute approximate surface area is 134 Å². The normalized spacial score (nSPS) is 23.0. The molecule has 0 radical (unpaired) electrons. The molecule has 0 aromatic heterocycles. The molecule has 118 valence electrons. The average Bonchev–Trinajstić information content (AvgIpc) is 3.03. The summed E-state index contributed by atoms with van der Waals surface area (Å²) in [6.07, 6.45) is 0. The summed E-state index contributed by atoms with van der Waals surface area (Å²) in [4.78, 5) is 16.9. The van der Waals surface area contributed by atoms with Gasteiger partial charge in [0.05, 0.1) is 13.7 Å². The molecule has 0 aliphatic carbocycles. The van der Waals surface area contributed by atoms with Crippen molar-refractivity contribution < 1.29 is 19.4 Å². The summed E-state index contributed by atoms with van der Waals surface area (Å²) in [7, 11) is 1.27. The number of aliphatic imine (C=N–C) groups is 1. The summed E-state index contributed by atoms with van der Waals surface area (Å²) in [5, 5.41) is 9.92. The second-order valence-electron chi connectivity index (χ2n) is 5.25. The molecule has 5 nitrogen and oxygen atoms in total. The van der Waals surface area contributed by atoms with E-state index in [0.29, 0.717) is 5.90 Å². The number of methoxy groups -OCH3 is 1. The van der Waals surface area contributed by atoms with E-state index in [4.69, 9.17) is 9.47 Å². The number of carbonyl (C=O) groups excluding carboxylic acids is 1. The summed E-state index contributed by atoms with van der Waals surface area (Å²) >= 11 is 0. The first-order valence-corrected chi connectivity index (χ1v) is 7.28. The first-order valence-electron chi connectivity index (χ1n) is 7.28. The number of hydrogen-bond acceptors (Lipinski definition) is 5. The van der Waals surface area contributed by atoms with Crippen molar-refractivity contribution in [2.45, 2.75) is 11.6 Å². The monoisotopic (exact) mass is 311 g/mol. The second kappa shape index (κ2) is 6.22. The van der Waals surface area contributed by atoms with Gasteiger partial charge < -0.3 is 14.6 Å². The molecule has 1 aliphatic rings. The molecule has 5 heteroatoms. The lowest BCUT2D eigenvalue weighted by Crippen LogP contribution is -2.48. The van der Waals surface area contributed by atoms with Crippen LogP contribution in [-0.4, -0.2) is 36.3 Å². The van der Waals surface area contributed by atoms with E-state index in [1.807, 2.05) is 60.7 Å².